The number of amides is 1. The summed E-state index contributed by atoms with van der Waals surface area (Å²) >= 11 is 5.73. The molecule has 1 aliphatic rings. The van der Waals surface area contributed by atoms with E-state index in [1.807, 2.05) is 0 Å². The summed E-state index contributed by atoms with van der Waals surface area (Å²) in [6, 6.07) is 8.74. The number of carbonyl (C=O) groups excluding carboxylic acids is 2. The summed E-state index contributed by atoms with van der Waals surface area (Å²) in [5, 5.41) is 2.90. The number of pyridine rings is 1. The van der Waals surface area contributed by atoms with Crippen LogP contribution >= 0.6 is 11.6 Å². The van der Waals surface area contributed by atoms with Gasteiger partial charge in [-0.15, -0.1) is 0 Å². The van der Waals surface area contributed by atoms with Crippen molar-refractivity contribution in [2.45, 2.75) is 30.6 Å². The summed E-state index contributed by atoms with van der Waals surface area (Å²) < 4.78 is 32.3. The van der Waals surface area contributed by atoms with Crippen LogP contribution in [0.2, 0.25) is 5.02 Å². The number of ether oxygens (including phenoxy) is 1. The van der Waals surface area contributed by atoms with Crippen molar-refractivity contribution < 1.29 is 22.7 Å². The fraction of sp³-hybridized carbons (Fsp3) is 0.350. The zero-order valence-electron chi connectivity index (χ0n) is 16.2. The van der Waals surface area contributed by atoms with Gasteiger partial charge in [0, 0.05) is 19.3 Å². The van der Waals surface area contributed by atoms with E-state index < -0.39 is 28.5 Å². The van der Waals surface area contributed by atoms with Gasteiger partial charge in [0.2, 0.25) is 10.0 Å². The second-order valence-corrected chi connectivity index (χ2v) is 9.21. The van der Waals surface area contributed by atoms with E-state index in [0.29, 0.717) is 18.1 Å². The number of nitrogens with zero attached hydrogens (tertiary/aromatic N) is 2. The average molecular weight is 452 g/mol. The van der Waals surface area contributed by atoms with E-state index in [2.05, 4.69) is 10.3 Å². The molecule has 1 amide bonds. The van der Waals surface area contributed by atoms with Gasteiger partial charge < -0.3 is 10.1 Å². The van der Waals surface area contributed by atoms with Crippen molar-refractivity contribution >= 4 is 39.3 Å². The maximum Gasteiger partial charge on any atom is 0.338 e. The maximum atomic E-state index is 12.9. The molecule has 8 nitrogen and oxygen atoms in total. The Labute approximate surface area is 180 Å². The lowest BCUT2D eigenvalue weighted by atomic mass is 10.2. The summed E-state index contributed by atoms with van der Waals surface area (Å²) in [5.41, 5.74) is 0.0586. The molecule has 0 atom stereocenters. The highest BCUT2D eigenvalue weighted by molar-refractivity contribution is 7.89. The molecule has 0 bridgehead atoms. The first kappa shape index (κ1) is 22.2. The van der Waals surface area contributed by atoms with Crippen LogP contribution in [-0.4, -0.2) is 49.3 Å². The van der Waals surface area contributed by atoms with Crippen molar-refractivity contribution in [3.8, 4) is 0 Å². The minimum atomic E-state index is -3.69. The van der Waals surface area contributed by atoms with Crippen molar-refractivity contribution in [2.75, 3.05) is 25.0 Å². The molecule has 30 heavy (non-hydrogen) atoms. The third-order valence-corrected chi connectivity index (χ3v) is 6.72. The normalized spacial score (nSPS) is 15.2. The van der Waals surface area contributed by atoms with E-state index in [9.17, 15) is 18.0 Å². The van der Waals surface area contributed by atoms with Gasteiger partial charge in [0.15, 0.2) is 6.61 Å². The number of aromatic nitrogens is 1. The van der Waals surface area contributed by atoms with Crippen LogP contribution in [0, 0.1) is 0 Å². The Balaban J connectivity index is 1.62. The molecule has 1 aromatic carbocycles. The van der Waals surface area contributed by atoms with E-state index >= 15 is 0 Å². The summed E-state index contributed by atoms with van der Waals surface area (Å²) in [4.78, 5) is 28.2. The molecule has 3 rings (SSSR count). The first-order valence-corrected chi connectivity index (χ1v) is 11.4. The Morgan fingerprint density at radius 1 is 1.10 bits per heavy atom. The van der Waals surface area contributed by atoms with E-state index in [-0.39, 0.29) is 16.3 Å². The smallest absolute Gasteiger partial charge is 0.338 e. The third kappa shape index (κ3) is 5.78. The molecular weight excluding hydrogens is 430 g/mol. The van der Waals surface area contributed by atoms with Crippen molar-refractivity contribution in [1.29, 1.82) is 0 Å². The van der Waals surface area contributed by atoms with Gasteiger partial charge in [-0.3, -0.25) is 4.79 Å². The molecule has 0 radical (unpaired) electrons. The molecule has 10 heteroatoms. The molecule has 160 valence electrons. The second kappa shape index (κ2) is 10.0. The number of anilines is 1. The topological polar surface area (TPSA) is 106 Å². The van der Waals surface area contributed by atoms with Crippen LogP contribution in [0.15, 0.2) is 47.5 Å². The zero-order valence-corrected chi connectivity index (χ0v) is 17.8. The fourth-order valence-electron chi connectivity index (χ4n) is 3.06. The Hall–Kier alpha value is -2.49. The predicted octanol–water partition coefficient (Wildman–Crippen LogP) is 3.10. The summed E-state index contributed by atoms with van der Waals surface area (Å²) in [5.74, 6) is -1.10. The fourth-order valence-corrected chi connectivity index (χ4v) is 4.73. The quantitative estimate of drug-likeness (QED) is 0.676. The first-order chi connectivity index (χ1) is 14.4. The van der Waals surface area contributed by atoms with Crippen LogP contribution in [-0.2, 0) is 19.6 Å². The molecule has 1 N–H and O–H groups in total. The van der Waals surface area contributed by atoms with Crippen LogP contribution < -0.4 is 5.32 Å². The van der Waals surface area contributed by atoms with Crippen LogP contribution in [0.1, 0.15) is 36.0 Å². The van der Waals surface area contributed by atoms with Gasteiger partial charge in [-0.1, -0.05) is 30.5 Å². The van der Waals surface area contributed by atoms with Gasteiger partial charge in [0.05, 0.1) is 15.5 Å². The molecular formula is C20H22ClN3O5S. The van der Waals surface area contributed by atoms with Crippen LogP contribution in [0.25, 0.3) is 0 Å². The molecule has 0 aliphatic carbocycles. The molecule has 0 saturated carbocycles. The Bertz CT molecular complexity index is 1000. The lowest BCUT2D eigenvalue weighted by Gasteiger charge is -2.20. The second-order valence-electron chi connectivity index (χ2n) is 6.83. The summed E-state index contributed by atoms with van der Waals surface area (Å²) in [6.45, 7) is 0.401. The van der Waals surface area contributed by atoms with Crippen LogP contribution in [0.3, 0.4) is 0 Å². The van der Waals surface area contributed by atoms with Gasteiger partial charge in [0.1, 0.15) is 5.82 Å². The van der Waals surface area contributed by atoms with Gasteiger partial charge in [-0.25, -0.2) is 18.2 Å². The third-order valence-electron chi connectivity index (χ3n) is 4.60. The molecule has 1 aromatic heterocycles. The Morgan fingerprint density at radius 2 is 1.83 bits per heavy atom. The number of nitrogens with one attached hydrogen (secondary N) is 1. The largest absolute Gasteiger partial charge is 0.452 e. The predicted molar refractivity (Wildman–Crippen MR) is 112 cm³/mol. The highest BCUT2D eigenvalue weighted by Crippen LogP contribution is 2.21. The zero-order chi connectivity index (χ0) is 21.6. The van der Waals surface area contributed by atoms with Crippen molar-refractivity contribution in [3.63, 3.8) is 0 Å². The number of sulfonamides is 1. The molecule has 0 spiro atoms. The number of esters is 1. The van der Waals surface area contributed by atoms with Crippen molar-refractivity contribution in [2.24, 2.45) is 0 Å². The first-order valence-electron chi connectivity index (χ1n) is 9.55. The maximum absolute atomic E-state index is 12.9. The van der Waals surface area contributed by atoms with Gasteiger partial charge in [0.25, 0.3) is 5.91 Å². The minimum Gasteiger partial charge on any atom is -0.452 e. The molecule has 1 saturated heterocycles. The van der Waals surface area contributed by atoms with Crippen LogP contribution in [0.5, 0.6) is 0 Å². The van der Waals surface area contributed by atoms with Crippen molar-refractivity contribution in [1.82, 2.24) is 9.29 Å². The number of carbonyl (C=O) groups is 2. The van der Waals surface area contributed by atoms with Crippen molar-refractivity contribution in [3.05, 3.63) is 53.2 Å². The number of benzene rings is 1. The number of hydrogen-bond donors (Lipinski definition) is 1. The molecule has 2 heterocycles. The average Bonchev–Trinajstić information content (AvgIpc) is 3.04. The number of halogens is 1. The van der Waals surface area contributed by atoms with E-state index in [4.69, 9.17) is 16.3 Å². The molecule has 2 aromatic rings. The highest BCUT2D eigenvalue weighted by Gasteiger charge is 2.26. The monoisotopic (exact) mass is 451 g/mol. The van der Waals surface area contributed by atoms with E-state index in [1.54, 1.807) is 6.07 Å². The minimum absolute atomic E-state index is 0.0358. The summed E-state index contributed by atoms with van der Waals surface area (Å²) in [7, 11) is -3.69. The lowest BCUT2D eigenvalue weighted by Crippen LogP contribution is -2.32. The standard InChI is InChI=1S/C20H22ClN3O5S/c21-16-8-9-18(22-13-16)23-19(25)14-29-20(26)15-6-5-7-17(12-15)30(27,28)24-10-3-1-2-4-11-24/h5-9,12-13H,1-4,10-11,14H2,(H,22,23,25). The SMILES string of the molecule is O=C(COC(=O)c1cccc(S(=O)(=O)N2CCCCCC2)c1)Nc1ccc(Cl)cn1. The van der Waals surface area contributed by atoms with Crippen LogP contribution in [0.4, 0.5) is 5.82 Å². The molecule has 1 aliphatic heterocycles. The number of rotatable bonds is 6. The number of hydrogen-bond acceptors (Lipinski definition) is 6. The highest BCUT2D eigenvalue weighted by atomic mass is 35.5. The molecule has 0 unspecified atom stereocenters. The van der Waals surface area contributed by atoms with E-state index in [0.717, 1.165) is 25.7 Å². The summed E-state index contributed by atoms with van der Waals surface area (Å²) in [6.07, 6.45) is 5.02. The van der Waals surface area contributed by atoms with Gasteiger partial charge >= 0.3 is 5.97 Å². The van der Waals surface area contributed by atoms with Gasteiger partial charge in [-0.2, -0.15) is 4.31 Å². The van der Waals surface area contributed by atoms with Gasteiger partial charge in [-0.05, 0) is 43.2 Å². The van der Waals surface area contributed by atoms with E-state index in [1.165, 1.54) is 40.8 Å². The Kier molecular flexibility index (Phi) is 7.41. The lowest BCUT2D eigenvalue weighted by molar-refractivity contribution is -0.119. The Morgan fingerprint density at radius 3 is 2.50 bits per heavy atom. The molecule has 1 fully saturated rings.